The number of nitrogens with zero attached hydrogens (tertiary/aromatic N) is 2. The van der Waals surface area contributed by atoms with Crippen LogP contribution in [0.25, 0.3) is 0 Å². The molecule has 0 radical (unpaired) electrons. The van der Waals surface area contributed by atoms with Crippen LogP contribution in [-0.4, -0.2) is 21.0 Å². The van der Waals surface area contributed by atoms with Gasteiger partial charge in [0.25, 0.3) is 5.91 Å². The number of hydrogen-bond donors (Lipinski definition) is 2. The van der Waals surface area contributed by atoms with E-state index in [4.69, 9.17) is 16.1 Å². The summed E-state index contributed by atoms with van der Waals surface area (Å²) < 4.78 is 4.78. The number of benzene rings is 1. The zero-order valence-corrected chi connectivity index (χ0v) is 13.4. The van der Waals surface area contributed by atoms with Crippen LogP contribution in [0.5, 0.6) is 0 Å². The number of H-pyrrole nitrogens is 1. The van der Waals surface area contributed by atoms with Crippen LogP contribution in [0.4, 0.5) is 0 Å². The molecule has 0 unspecified atom stereocenters. The van der Waals surface area contributed by atoms with E-state index in [0.29, 0.717) is 22.1 Å². The first kappa shape index (κ1) is 15.9. The molecule has 8 heteroatoms. The Balaban J connectivity index is 1.93. The van der Waals surface area contributed by atoms with Gasteiger partial charge in [0.2, 0.25) is 12.0 Å². The molecule has 3 rings (SSSR count). The number of nitrogens with one attached hydrogen (secondary N) is 2. The van der Waals surface area contributed by atoms with Gasteiger partial charge in [0.15, 0.2) is 5.82 Å². The average molecular weight is 345 g/mol. The predicted octanol–water partition coefficient (Wildman–Crippen LogP) is 2.24. The Labute approximate surface area is 141 Å². The molecule has 1 amide bonds. The Morgan fingerprint density at radius 1 is 1.25 bits per heavy atom. The summed E-state index contributed by atoms with van der Waals surface area (Å²) in [7, 11) is 0. The van der Waals surface area contributed by atoms with E-state index in [1.165, 1.54) is 18.5 Å². The first-order valence-corrected chi connectivity index (χ1v) is 7.45. The second-order valence-electron chi connectivity index (χ2n) is 5.11. The summed E-state index contributed by atoms with van der Waals surface area (Å²) in [5.74, 6) is -0.0544. The van der Waals surface area contributed by atoms with E-state index >= 15 is 0 Å². The van der Waals surface area contributed by atoms with Gasteiger partial charge in [0, 0.05) is 16.8 Å². The fourth-order valence-corrected chi connectivity index (χ4v) is 2.42. The van der Waals surface area contributed by atoms with Crippen LogP contribution in [0, 0.1) is 6.92 Å². The van der Waals surface area contributed by atoms with Crippen LogP contribution in [0.15, 0.2) is 52.1 Å². The molecule has 0 aliphatic heterocycles. The highest BCUT2D eigenvalue weighted by Gasteiger charge is 2.22. The average Bonchev–Trinajstić information content (AvgIpc) is 3.07. The Hall–Kier alpha value is -2.93. The van der Waals surface area contributed by atoms with Gasteiger partial charge in [-0.2, -0.15) is 4.98 Å². The summed E-state index contributed by atoms with van der Waals surface area (Å²) in [6.07, 6.45) is 1.19. The summed E-state index contributed by atoms with van der Waals surface area (Å²) in [5, 5.41) is 7.23. The summed E-state index contributed by atoms with van der Waals surface area (Å²) >= 11 is 5.91. The van der Waals surface area contributed by atoms with Gasteiger partial charge in [-0.25, -0.2) is 0 Å². The van der Waals surface area contributed by atoms with Crippen molar-refractivity contribution in [2.45, 2.75) is 13.0 Å². The quantitative estimate of drug-likeness (QED) is 0.755. The molecule has 0 spiro atoms. The maximum atomic E-state index is 12.6. The van der Waals surface area contributed by atoms with Gasteiger partial charge >= 0.3 is 0 Å². The lowest BCUT2D eigenvalue weighted by Crippen LogP contribution is -2.31. The monoisotopic (exact) mass is 344 g/mol. The molecule has 2 aromatic heterocycles. The number of carbonyl (C=O) groups is 1. The van der Waals surface area contributed by atoms with Crippen LogP contribution in [0.3, 0.4) is 0 Å². The molecule has 2 N–H and O–H groups in total. The summed E-state index contributed by atoms with van der Waals surface area (Å²) in [5.41, 5.74) is 1.31. The van der Waals surface area contributed by atoms with Crippen LogP contribution >= 0.6 is 11.6 Å². The Morgan fingerprint density at radius 3 is 2.62 bits per heavy atom. The molecule has 0 fully saturated rings. The van der Waals surface area contributed by atoms with E-state index in [2.05, 4.69) is 20.4 Å². The topological polar surface area (TPSA) is 101 Å². The maximum Gasteiger partial charge on any atom is 0.253 e. The van der Waals surface area contributed by atoms with Crippen molar-refractivity contribution in [3.8, 4) is 0 Å². The number of aromatic amines is 1. The largest absolute Gasteiger partial charge is 0.343 e. The fourth-order valence-electron chi connectivity index (χ4n) is 2.29. The molecule has 0 aliphatic rings. The van der Waals surface area contributed by atoms with Crippen molar-refractivity contribution < 1.29 is 9.32 Å². The highest BCUT2D eigenvalue weighted by atomic mass is 35.5. The lowest BCUT2D eigenvalue weighted by molar-refractivity contribution is 0.0940. The lowest BCUT2D eigenvalue weighted by atomic mass is 10.1. The second kappa shape index (κ2) is 6.67. The Kier molecular flexibility index (Phi) is 4.43. The van der Waals surface area contributed by atoms with Crippen molar-refractivity contribution >= 4 is 17.5 Å². The van der Waals surface area contributed by atoms with E-state index in [1.807, 2.05) is 0 Å². The smallest absolute Gasteiger partial charge is 0.253 e. The molecule has 2 heterocycles. The molecule has 24 heavy (non-hydrogen) atoms. The van der Waals surface area contributed by atoms with E-state index in [9.17, 15) is 9.59 Å². The summed E-state index contributed by atoms with van der Waals surface area (Å²) in [4.78, 5) is 30.5. The van der Waals surface area contributed by atoms with Gasteiger partial charge in [-0.15, -0.1) is 0 Å². The molecular weight excluding hydrogens is 332 g/mol. The summed E-state index contributed by atoms with van der Waals surface area (Å²) in [6.45, 7) is 1.65. The standard InChI is InChI=1S/C16H13ClN4O3/c1-9-12(6-7-13(22)19-9)16(23)20-14(15-18-8-24-21-15)10-2-4-11(17)5-3-10/h2-8,14H,1H3,(H,19,22)(H,20,23)/t14-/m1/s1. The zero-order valence-electron chi connectivity index (χ0n) is 12.6. The van der Waals surface area contributed by atoms with Crippen LogP contribution < -0.4 is 10.9 Å². The molecule has 122 valence electrons. The van der Waals surface area contributed by atoms with E-state index in [0.717, 1.165) is 5.56 Å². The lowest BCUT2D eigenvalue weighted by Gasteiger charge is -2.16. The molecule has 1 atom stereocenters. The molecule has 1 aromatic carbocycles. The second-order valence-corrected chi connectivity index (χ2v) is 5.55. The van der Waals surface area contributed by atoms with Crippen molar-refractivity contribution in [3.63, 3.8) is 0 Å². The number of amides is 1. The van der Waals surface area contributed by atoms with Gasteiger partial charge in [-0.3, -0.25) is 9.59 Å². The first-order valence-electron chi connectivity index (χ1n) is 7.07. The number of aryl methyl sites for hydroxylation is 1. The number of carbonyl (C=O) groups excluding carboxylic acids is 1. The molecular formula is C16H13ClN4O3. The highest BCUT2D eigenvalue weighted by Crippen LogP contribution is 2.21. The van der Waals surface area contributed by atoms with Gasteiger partial charge in [0.05, 0.1) is 5.56 Å². The fraction of sp³-hybridized carbons (Fsp3) is 0.125. The zero-order chi connectivity index (χ0) is 17.1. The number of aromatic nitrogens is 3. The van der Waals surface area contributed by atoms with Gasteiger partial charge < -0.3 is 14.8 Å². The van der Waals surface area contributed by atoms with Gasteiger partial charge in [-0.05, 0) is 30.7 Å². The number of hydrogen-bond acceptors (Lipinski definition) is 5. The van der Waals surface area contributed by atoms with Crippen LogP contribution in [0.2, 0.25) is 5.02 Å². The van der Waals surface area contributed by atoms with E-state index in [-0.39, 0.29) is 11.5 Å². The van der Waals surface area contributed by atoms with Crippen LogP contribution in [-0.2, 0) is 0 Å². The van der Waals surface area contributed by atoms with Crippen molar-refractivity contribution in [1.82, 2.24) is 20.4 Å². The number of pyridine rings is 1. The highest BCUT2D eigenvalue weighted by molar-refractivity contribution is 6.30. The molecule has 3 aromatic rings. The number of rotatable bonds is 4. The minimum Gasteiger partial charge on any atom is -0.343 e. The molecule has 0 saturated heterocycles. The Morgan fingerprint density at radius 2 is 2.00 bits per heavy atom. The van der Waals surface area contributed by atoms with Crippen LogP contribution in [0.1, 0.15) is 33.5 Å². The SMILES string of the molecule is Cc1[nH]c(=O)ccc1C(=O)N[C@H](c1ccc(Cl)cc1)c1ncon1. The van der Waals surface area contributed by atoms with Crippen molar-refractivity contribution in [2.75, 3.05) is 0 Å². The molecule has 0 bridgehead atoms. The normalized spacial score (nSPS) is 11.9. The van der Waals surface area contributed by atoms with Gasteiger partial charge in [0.1, 0.15) is 6.04 Å². The van der Waals surface area contributed by atoms with Crippen molar-refractivity contribution in [1.29, 1.82) is 0 Å². The van der Waals surface area contributed by atoms with Crippen molar-refractivity contribution in [3.05, 3.63) is 80.8 Å². The third kappa shape index (κ3) is 3.36. The van der Waals surface area contributed by atoms with Gasteiger partial charge in [-0.1, -0.05) is 28.9 Å². The Bertz CT molecular complexity index is 904. The number of halogens is 1. The summed E-state index contributed by atoms with van der Waals surface area (Å²) in [6, 6.07) is 9.11. The minimum atomic E-state index is -0.611. The first-order chi connectivity index (χ1) is 11.5. The minimum absolute atomic E-state index is 0.267. The molecule has 0 saturated carbocycles. The third-order valence-corrected chi connectivity index (χ3v) is 3.73. The maximum absolute atomic E-state index is 12.6. The van der Waals surface area contributed by atoms with E-state index < -0.39 is 6.04 Å². The van der Waals surface area contributed by atoms with E-state index in [1.54, 1.807) is 31.2 Å². The molecule has 0 aliphatic carbocycles. The van der Waals surface area contributed by atoms with Crippen molar-refractivity contribution in [2.24, 2.45) is 0 Å². The third-order valence-electron chi connectivity index (χ3n) is 3.48. The predicted molar refractivity (Wildman–Crippen MR) is 86.9 cm³/mol. The molecule has 7 nitrogen and oxygen atoms in total.